The van der Waals surface area contributed by atoms with E-state index in [0.717, 1.165) is 0 Å². The van der Waals surface area contributed by atoms with Crippen molar-refractivity contribution in [1.82, 2.24) is 0 Å². The summed E-state index contributed by atoms with van der Waals surface area (Å²) in [7, 11) is 0. The predicted octanol–water partition coefficient (Wildman–Crippen LogP) is 0.136. The van der Waals surface area contributed by atoms with E-state index >= 15 is 0 Å². The first-order valence-electron chi connectivity index (χ1n) is 4.71. The van der Waals surface area contributed by atoms with E-state index in [-0.39, 0.29) is 24.9 Å². The van der Waals surface area contributed by atoms with Crippen molar-refractivity contribution in [2.24, 2.45) is 5.73 Å². The molecule has 0 aromatic rings. The molecule has 0 aliphatic heterocycles. The molecule has 0 aliphatic carbocycles. The predicted molar refractivity (Wildman–Crippen MR) is 51.6 cm³/mol. The summed E-state index contributed by atoms with van der Waals surface area (Å²) in [6.45, 7) is 6.82. The maximum Gasteiger partial charge on any atom is 0.0958 e. The molecule has 4 nitrogen and oxygen atoms in total. The summed E-state index contributed by atoms with van der Waals surface area (Å²) in [6.07, 6.45) is -0.321. The quantitative estimate of drug-likeness (QED) is 0.600. The number of rotatable bonds is 7. The van der Waals surface area contributed by atoms with E-state index in [1.807, 2.05) is 20.8 Å². The molecular formula is C9H21NO3. The second kappa shape index (κ2) is 7.26. The number of nitrogens with two attached hydrogens (primary N) is 1. The Morgan fingerprint density at radius 1 is 1.38 bits per heavy atom. The zero-order valence-corrected chi connectivity index (χ0v) is 8.69. The molecule has 0 bridgehead atoms. The van der Waals surface area contributed by atoms with Crippen LogP contribution in [0.4, 0.5) is 0 Å². The van der Waals surface area contributed by atoms with Crippen LogP contribution in [0.5, 0.6) is 0 Å². The topological polar surface area (TPSA) is 64.7 Å². The molecule has 13 heavy (non-hydrogen) atoms. The minimum Gasteiger partial charge on any atom is -0.394 e. The van der Waals surface area contributed by atoms with Gasteiger partial charge in [-0.25, -0.2) is 0 Å². The standard InChI is InChI=1S/C9H21NO3/c1-4-12-6-7(2)13-9(5-11)8(3)10/h7-9,11H,4-6,10H2,1-3H3. The molecule has 0 aliphatic rings. The van der Waals surface area contributed by atoms with Gasteiger partial charge in [0.05, 0.1) is 25.4 Å². The number of ether oxygens (including phenoxy) is 2. The third kappa shape index (κ3) is 5.99. The first kappa shape index (κ1) is 12.8. The van der Waals surface area contributed by atoms with E-state index in [9.17, 15) is 0 Å². The summed E-state index contributed by atoms with van der Waals surface area (Å²) in [5, 5.41) is 8.92. The van der Waals surface area contributed by atoms with Crippen LogP contribution in [0.2, 0.25) is 0 Å². The van der Waals surface area contributed by atoms with Gasteiger partial charge in [-0.05, 0) is 20.8 Å². The molecule has 4 heteroatoms. The molecule has 3 N–H and O–H groups in total. The van der Waals surface area contributed by atoms with Gasteiger partial charge in [-0.3, -0.25) is 0 Å². The fourth-order valence-electron chi connectivity index (χ4n) is 0.955. The van der Waals surface area contributed by atoms with E-state index in [4.69, 9.17) is 20.3 Å². The second-order valence-electron chi connectivity index (χ2n) is 3.19. The van der Waals surface area contributed by atoms with Crippen molar-refractivity contribution in [2.75, 3.05) is 19.8 Å². The molecule has 0 fully saturated rings. The van der Waals surface area contributed by atoms with Gasteiger partial charge in [-0.1, -0.05) is 0 Å². The Labute approximate surface area is 80.0 Å². The van der Waals surface area contributed by atoms with Crippen molar-refractivity contribution < 1.29 is 14.6 Å². The average Bonchev–Trinajstić information content (AvgIpc) is 2.10. The van der Waals surface area contributed by atoms with Crippen LogP contribution in [0.3, 0.4) is 0 Å². The van der Waals surface area contributed by atoms with Gasteiger partial charge in [0.2, 0.25) is 0 Å². The summed E-state index contributed by atoms with van der Waals surface area (Å²) >= 11 is 0. The van der Waals surface area contributed by atoms with E-state index in [1.165, 1.54) is 0 Å². The molecular weight excluding hydrogens is 170 g/mol. The molecule has 0 amide bonds. The monoisotopic (exact) mass is 191 g/mol. The van der Waals surface area contributed by atoms with E-state index in [1.54, 1.807) is 0 Å². The number of hydrogen-bond donors (Lipinski definition) is 2. The van der Waals surface area contributed by atoms with Crippen molar-refractivity contribution in [3.8, 4) is 0 Å². The van der Waals surface area contributed by atoms with Crippen LogP contribution >= 0.6 is 0 Å². The average molecular weight is 191 g/mol. The second-order valence-corrected chi connectivity index (χ2v) is 3.19. The Bertz CT molecular complexity index is 119. The molecule has 0 aromatic carbocycles. The Kier molecular flexibility index (Phi) is 7.17. The highest BCUT2D eigenvalue weighted by Crippen LogP contribution is 2.02. The number of hydrogen-bond acceptors (Lipinski definition) is 4. The molecule has 0 spiro atoms. The molecule has 80 valence electrons. The van der Waals surface area contributed by atoms with Crippen molar-refractivity contribution >= 4 is 0 Å². The third-order valence-corrected chi connectivity index (χ3v) is 1.73. The summed E-state index contributed by atoms with van der Waals surface area (Å²) in [4.78, 5) is 0. The van der Waals surface area contributed by atoms with E-state index < -0.39 is 0 Å². The first-order valence-corrected chi connectivity index (χ1v) is 4.71. The Morgan fingerprint density at radius 2 is 2.00 bits per heavy atom. The van der Waals surface area contributed by atoms with Gasteiger partial charge in [0.25, 0.3) is 0 Å². The van der Waals surface area contributed by atoms with Crippen molar-refractivity contribution in [1.29, 1.82) is 0 Å². The Morgan fingerprint density at radius 3 is 2.38 bits per heavy atom. The highest BCUT2D eigenvalue weighted by Gasteiger charge is 2.16. The first-order chi connectivity index (χ1) is 6.11. The smallest absolute Gasteiger partial charge is 0.0958 e. The third-order valence-electron chi connectivity index (χ3n) is 1.73. The molecule has 0 rings (SSSR count). The fourth-order valence-corrected chi connectivity index (χ4v) is 0.955. The maximum absolute atomic E-state index is 8.92. The van der Waals surface area contributed by atoms with Crippen LogP contribution in [0.1, 0.15) is 20.8 Å². The van der Waals surface area contributed by atoms with Crippen LogP contribution in [-0.2, 0) is 9.47 Å². The van der Waals surface area contributed by atoms with Gasteiger partial charge >= 0.3 is 0 Å². The van der Waals surface area contributed by atoms with E-state index in [2.05, 4.69) is 0 Å². The lowest BCUT2D eigenvalue weighted by molar-refractivity contribution is -0.0713. The van der Waals surface area contributed by atoms with Gasteiger partial charge in [0.1, 0.15) is 0 Å². The lowest BCUT2D eigenvalue weighted by Crippen LogP contribution is -2.39. The number of aliphatic hydroxyl groups excluding tert-OH is 1. The molecule has 3 unspecified atom stereocenters. The summed E-state index contributed by atoms with van der Waals surface area (Å²) in [5.74, 6) is 0. The lowest BCUT2D eigenvalue weighted by Gasteiger charge is -2.23. The van der Waals surface area contributed by atoms with Crippen molar-refractivity contribution in [2.45, 2.75) is 39.0 Å². The van der Waals surface area contributed by atoms with Crippen LogP contribution in [0.25, 0.3) is 0 Å². The largest absolute Gasteiger partial charge is 0.394 e. The van der Waals surface area contributed by atoms with Gasteiger partial charge in [-0.15, -0.1) is 0 Å². The SMILES string of the molecule is CCOCC(C)OC(CO)C(C)N. The zero-order chi connectivity index (χ0) is 10.3. The van der Waals surface area contributed by atoms with Crippen LogP contribution in [0.15, 0.2) is 0 Å². The minimum atomic E-state index is -0.296. The summed E-state index contributed by atoms with van der Waals surface area (Å²) < 4.78 is 10.6. The van der Waals surface area contributed by atoms with Crippen molar-refractivity contribution in [3.63, 3.8) is 0 Å². The van der Waals surface area contributed by atoms with Crippen LogP contribution in [-0.4, -0.2) is 43.2 Å². The highest BCUT2D eigenvalue weighted by molar-refractivity contribution is 4.68. The molecule has 0 heterocycles. The van der Waals surface area contributed by atoms with Crippen LogP contribution in [0, 0.1) is 0 Å². The molecule has 0 saturated heterocycles. The normalized spacial score (nSPS) is 18.2. The molecule has 3 atom stereocenters. The fraction of sp³-hybridized carbons (Fsp3) is 1.00. The maximum atomic E-state index is 8.92. The van der Waals surface area contributed by atoms with Crippen LogP contribution < -0.4 is 5.73 Å². The number of aliphatic hydroxyl groups is 1. The van der Waals surface area contributed by atoms with Gasteiger partial charge in [-0.2, -0.15) is 0 Å². The Balaban J connectivity index is 3.66. The summed E-state index contributed by atoms with van der Waals surface area (Å²) in [5.41, 5.74) is 5.60. The zero-order valence-electron chi connectivity index (χ0n) is 8.69. The minimum absolute atomic E-state index is 0.0249. The lowest BCUT2D eigenvalue weighted by atomic mass is 10.2. The van der Waals surface area contributed by atoms with E-state index in [0.29, 0.717) is 13.2 Å². The van der Waals surface area contributed by atoms with Gasteiger partial charge in [0, 0.05) is 12.6 Å². The Hall–Kier alpha value is -0.160. The van der Waals surface area contributed by atoms with Gasteiger partial charge in [0.15, 0.2) is 0 Å². The molecule has 0 saturated carbocycles. The summed E-state index contributed by atoms with van der Waals surface area (Å²) in [6, 6.07) is -0.158. The highest BCUT2D eigenvalue weighted by atomic mass is 16.5. The van der Waals surface area contributed by atoms with Gasteiger partial charge < -0.3 is 20.3 Å². The molecule has 0 radical (unpaired) electrons. The molecule has 0 aromatic heterocycles. The van der Waals surface area contributed by atoms with Crippen molar-refractivity contribution in [3.05, 3.63) is 0 Å².